The van der Waals surface area contributed by atoms with Gasteiger partial charge >= 0.3 is 5.97 Å². The van der Waals surface area contributed by atoms with Gasteiger partial charge in [-0.2, -0.15) is 0 Å². The summed E-state index contributed by atoms with van der Waals surface area (Å²) >= 11 is 5.78. The van der Waals surface area contributed by atoms with Crippen LogP contribution in [0.15, 0.2) is 36.5 Å². The van der Waals surface area contributed by atoms with E-state index in [1.807, 2.05) is 0 Å². The molecule has 0 fully saturated rings. The third-order valence-electron chi connectivity index (χ3n) is 1.96. The summed E-state index contributed by atoms with van der Waals surface area (Å²) in [5, 5.41) is 9.39. The molecule has 0 atom stereocenters. The fourth-order valence-electron chi connectivity index (χ4n) is 1.26. The molecule has 1 aromatic carbocycles. The fraction of sp³-hybridized carbons (Fsp3) is 0. The molecule has 4 nitrogen and oxygen atoms in total. The number of nitrogens with one attached hydrogen (secondary N) is 1. The maximum Gasteiger partial charge on any atom is 0.341 e. The Labute approximate surface area is 96.4 Å². The van der Waals surface area contributed by atoms with Gasteiger partial charge in [-0.05, 0) is 24.3 Å². The van der Waals surface area contributed by atoms with Crippen molar-refractivity contribution in [3.05, 3.63) is 47.1 Å². The Kier molecular flexibility index (Phi) is 2.83. The highest BCUT2D eigenvalue weighted by Gasteiger charge is 2.12. The van der Waals surface area contributed by atoms with E-state index in [1.54, 1.807) is 24.3 Å². The van der Waals surface area contributed by atoms with Gasteiger partial charge in [0.05, 0.1) is 0 Å². The third kappa shape index (κ3) is 2.17. The average Bonchev–Trinajstić information content (AvgIpc) is 2.66. The molecule has 1 aromatic heterocycles. The lowest BCUT2D eigenvalue weighted by atomic mass is 10.3. The molecule has 0 amide bonds. The first-order valence-electron chi connectivity index (χ1n) is 4.51. The van der Waals surface area contributed by atoms with Crippen molar-refractivity contribution in [1.82, 2.24) is 4.98 Å². The van der Waals surface area contributed by atoms with Crippen LogP contribution in [0.25, 0.3) is 0 Å². The van der Waals surface area contributed by atoms with Crippen molar-refractivity contribution in [2.45, 2.75) is 0 Å². The number of hydrogen-bond donors (Lipinski definition) is 2. The van der Waals surface area contributed by atoms with Crippen molar-refractivity contribution < 1.29 is 14.6 Å². The van der Waals surface area contributed by atoms with Gasteiger partial charge in [0, 0.05) is 11.2 Å². The van der Waals surface area contributed by atoms with E-state index in [4.69, 9.17) is 21.4 Å². The number of carboxylic acids is 1. The molecule has 0 saturated heterocycles. The van der Waals surface area contributed by atoms with Gasteiger partial charge in [-0.1, -0.05) is 17.7 Å². The molecule has 0 unspecified atom stereocenters. The van der Waals surface area contributed by atoms with Crippen LogP contribution < -0.4 is 4.74 Å². The van der Waals surface area contributed by atoms with E-state index in [1.165, 1.54) is 12.3 Å². The molecular weight excluding hydrogens is 230 g/mol. The van der Waals surface area contributed by atoms with Gasteiger partial charge in [-0.25, -0.2) is 4.79 Å². The van der Waals surface area contributed by atoms with Gasteiger partial charge in [0.1, 0.15) is 11.3 Å². The molecule has 2 aromatic rings. The van der Waals surface area contributed by atoms with E-state index in [2.05, 4.69) is 4.98 Å². The van der Waals surface area contributed by atoms with Gasteiger partial charge in [-0.15, -0.1) is 0 Å². The quantitative estimate of drug-likeness (QED) is 0.862. The van der Waals surface area contributed by atoms with E-state index < -0.39 is 5.97 Å². The summed E-state index contributed by atoms with van der Waals surface area (Å²) in [6, 6.07) is 8.16. The first kappa shape index (κ1) is 10.6. The SMILES string of the molecule is O=C(O)c1cc[nH]c1Oc1cccc(Cl)c1. The Morgan fingerprint density at radius 2 is 2.19 bits per heavy atom. The Morgan fingerprint density at radius 1 is 1.38 bits per heavy atom. The Morgan fingerprint density at radius 3 is 2.88 bits per heavy atom. The number of aromatic amines is 1. The molecule has 2 rings (SSSR count). The molecule has 0 bridgehead atoms. The molecule has 2 N–H and O–H groups in total. The van der Waals surface area contributed by atoms with Crippen LogP contribution in [0.3, 0.4) is 0 Å². The largest absolute Gasteiger partial charge is 0.477 e. The van der Waals surface area contributed by atoms with Gasteiger partial charge in [0.15, 0.2) is 0 Å². The van der Waals surface area contributed by atoms with Crippen LogP contribution in [0.4, 0.5) is 0 Å². The molecule has 16 heavy (non-hydrogen) atoms. The van der Waals surface area contributed by atoms with E-state index in [0.29, 0.717) is 10.8 Å². The minimum atomic E-state index is -1.04. The van der Waals surface area contributed by atoms with Gasteiger partial charge in [0.25, 0.3) is 0 Å². The third-order valence-corrected chi connectivity index (χ3v) is 2.19. The minimum absolute atomic E-state index is 0.0833. The molecule has 0 aliphatic carbocycles. The Hall–Kier alpha value is -1.94. The predicted molar refractivity (Wildman–Crippen MR) is 59.3 cm³/mol. The Balaban J connectivity index is 2.27. The van der Waals surface area contributed by atoms with Crippen molar-refractivity contribution in [2.75, 3.05) is 0 Å². The number of carbonyl (C=O) groups is 1. The molecule has 82 valence electrons. The first-order valence-corrected chi connectivity index (χ1v) is 4.88. The highest BCUT2D eigenvalue weighted by atomic mass is 35.5. The standard InChI is InChI=1S/C11H8ClNO3/c12-7-2-1-3-8(6-7)16-10-9(11(14)15)4-5-13-10/h1-6,13H,(H,14,15). The number of H-pyrrole nitrogens is 1. The highest BCUT2D eigenvalue weighted by molar-refractivity contribution is 6.30. The maximum atomic E-state index is 10.8. The second kappa shape index (κ2) is 4.28. The predicted octanol–water partition coefficient (Wildman–Crippen LogP) is 3.16. The number of halogens is 1. The van der Waals surface area contributed by atoms with Crippen LogP contribution in [0.2, 0.25) is 5.02 Å². The first-order chi connectivity index (χ1) is 7.66. The van der Waals surface area contributed by atoms with Crippen LogP contribution in [0.5, 0.6) is 11.6 Å². The summed E-state index contributed by atoms with van der Waals surface area (Å²) < 4.78 is 5.37. The van der Waals surface area contributed by atoms with E-state index in [-0.39, 0.29) is 11.4 Å². The van der Waals surface area contributed by atoms with Crippen molar-refractivity contribution >= 4 is 17.6 Å². The lowest BCUT2D eigenvalue weighted by Gasteiger charge is -2.04. The molecule has 0 saturated carbocycles. The van der Waals surface area contributed by atoms with E-state index >= 15 is 0 Å². The highest BCUT2D eigenvalue weighted by Crippen LogP contribution is 2.25. The lowest BCUT2D eigenvalue weighted by Crippen LogP contribution is -1.97. The molecular formula is C11H8ClNO3. The summed E-state index contributed by atoms with van der Waals surface area (Å²) in [5.41, 5.74) is 0.0833. The topological polar surface area (TPSA) is 62.3 Å². The summed E-state index contributed by atoms with van der Waals surface area (Å²) in [5.74, 6) is -0.370. The lowest BCUT2D eigenvalue weighted by molar-refractivity contribution is 0.0694. The van der Waals surface area contributed by atoms with Crippen LogP contribution in [0, 0.1) is 0 Å². The smallest absolute Gasteiger partial charge is 0.341 e. The van der Waals surface area contributed by atoms with E-state index in [9.17, 15) is 4.79 Å². The van der Waals surface area contributed by atoms with Crippen molar-refractivity contribution in [3.63, 3.8) is 0 Å². The van der Waals surface area contributed by atoms with Gasteiger partial charge in [-0.3, -0.25) is 0 Å². The van der Waals surface area contributed by atoms with Crippen LogP contribution in [-0.4, -0.2) is 16.1 Å². The monoisotopic (exact) mass is 237 g/mol. The number of carboxylic acid groups (broad SMARTS) is 1. The van der Waals surface area contributed by atoms with Crippen LogP contribution in [-0.2, 0) is 0 Å². The number of benzene rings is 1. The molecule has 0 radical (unpaired) electrons. The average molecular weight is 238 g/mol. The summed E-state index contributed by atoms with van der Waals surface area (Å²) in [6.45, 7) is 0. The molecule has 1 heterocycles. The number of hydrogen-bond acceptors (Lipinski definition) is 2. The van der Waals surface area contributed by atoms with Crippen LogP contribution in [0.1, 0.15) is 10.4 Å². The van der Waals surface area contributed by atoms with Crippen LogP contribution >= 0.6 is 11.6 Å². The second-order valence-electron chi connectivity index (χ2n) is 3.09. The maximum absolute atomic E-state index is 10.8. The summed E-state index contributed by atoms with van der Waals surface area (Å²) in [6.07, 6.45) is 1.50. The summed E-state index contributed by atoms with van der Waals surface area (Å²) in [7, 11) is 0. The molecule has 0 aliphatic rings. The zero-order valence-electron chi connectivity index (χ0n) is 8.11. The normalized spacial score (nSPS) is 10.1. The van der Waals surface area contributed by atoms with Gasteiger partial charge < -0.3 is 14.8 Å². The van der Waals surface area contributed by atoms with Gasteiger partial charge in [0.2, 0.25) is 5.88 Å². The fourth-order valence-corrected chi connectivity index (χ4v) is 1.44. The minimum Gasteiger partial charge on any atom is -0.477 e. The zero-order chi connectivity index (χ0) is 11.5. The van der Waals surface area contributed by atoms with Crippen molar-refractivity contribution in [3.8, 4) is 11.6 Å². The second-order valence-corrected chi connectivity index (χ2v) is 3.52. The molecule has 5 heteroatoms. The number of aromatic nitrogens is 1. The number of rotatable bonds is 3. The Bertz CT molecular complexity index is 521. The number of ether oxygens (including phenoxy) is 1. The van der Waals surface area contributed by atoms with E-state index in [0.717, 1.165) is 0 Å². The van der Waals surface area contributed by atoms with Crippen molar-refractivity contribution in [2.24, 2.45) is 0 Å². The zero-order valence-corrected chi connectivity index (χ0v) is 8.86. The molecule has 0 aliphatic heterocycles. The number of aromatic carboxylic acids is 1. The van der Waals surface area contributed by atoms with Crippen molar-refractivity contribution in [1.29, 1.82) is 0 Å². The summed E-state index contributed by atoms with van der Waals surface area (Å²) in [4.78, 5) is 13.5. The molecule has 0 spiro atoms.